The Labute approximate surface area is 310 Å². The Kier molecular flexibility index (Phi) is 6.59. The highest BCUT2D eigenvalue weighted by Crippen LogP contribution is 2.62. The highest BCUT2D eigenvalue weighted by molar-refractivity contribution is 6.29. The zero-order valence-corrected chi connectivity index (χ0v) is 28.5. The highest BCUT2D eigenvalue weighted by atomic mass is 16.4. The molecule has 0 aliphatic carbocycles. The summed E-state index contributed by atoms with van der Waals surface area (Å²) in [4.78, 5) is 0. The molecule has 0 bridgehead atoms. The van der Waals surface area contributed by atoms with E-state index in [0.717, 1.165) is 38.1 Å². The van der Waals surface area contributed by atoms with Gasteiger partial charge in [0.15, 0.2) is 23.0 Å². The molecule has 0 amide bonds. The lowest BCUT2D eigenvalue weighted by Crippen LogP contribution is -1.94. The number of hydrogen-bond donors (Lipinski definition) is 8. The van der Waals surface area contributed by atoms with Gasteiger partial charge in [-0.15, -0.1) is 0 Å². The maximum atomic E-state index is 11.7. The molecule has 0 saturated carbocycles. The number of phenols is 8. The molecule has 9 nitrogen and oxygen atoms in total. The summed E-state index contributed by atoms with van der Waals surface area (Å²) in [5.74, 6) is -7.48. The van der Waals surface area contributed by atoms with E-state index >= 15 is 0 Å². The first-order valence-corrected chi connectivity index (χ1v) is 17.3. The number of phenolic OH excluding ortho intramolecular Hbond substituents is 8. The molecule has 9 heteroatoms. The number of rotatable bonds is 3. The van der Waals surface area contributed by atoms with Crippen LogP contribution >= 0.6 is 0 Å². The van der Waals surface area contributed by atoms with E-state index in [1.54, 1.807) is 30.3 Å². The predicted molar refractivity (Wildman–Crippen MR) is 213 cm³/mol. The summed E-state index contributed by atoms with van der Waals surface area (Å²) in [5.41, 5.74) is 3.49. The molecule has 266 valence electrons. The minimum atomic E-state index is -1.03. The van der Waals surface area contributed by atoms with Gasteiger partial charge in [0.2, 0.25) is 23.0 Å². The van der Waals surface area contributed by atoms with Crippen molar-refractivity contribution >= 4 is 65.0 Å². The fourth-order valence-electron chi connectivity index (χ4n) is 8.15. The third-order valence-corrected chi connectivity index (χ3v) is 10.7. The third-order valence-electron chi connectivity index (χ3n) is 10.7. The third kappa shape index (κ3) is 4.35. The molecule has 10 aromatic rings. The number of hydrogen-bond acceptors (Lipinski definition) is 9. The minimum Gasteiger partial charge on any atom is -0.504 e. The van der Waals surface area contributed by atoms with Crippen LogP contribution in [-0.2, 0) is 0 Å². The lowest BCUT2D eigenvalue weighted by Gasteiger charge is -2.22. The van der Waals surface area contributed by atoms with Crippen LogP contribution in [0.15, 0.2) is 126 Å². The van der Waals surface area contributed by atoms with Gasteiger partial charge in [0.05, 0.1) is 0 Å². The monoisotopic (exact) mass is 724 g/mol. The van der Waals surface area contributed by atoms with Crippen LogP contribution in [0.5, 0.6) is 46.0 Å². The topological polar surface area (TPSA) is 175 Å². The van der Waals surface area contributed by atoms with Crippen molar-refractivity contribution in [3.63, 3.8) is 0 Å². The molecule has 0 saturated heterocycles. The van der Waals surface area contributed by atoms with Gasteiger partial charge < -0.3 is 45.3 Å². The predicted octanol–water partition coefficient (Wildman–Crippen LogP) is 10.8. The molecular formula is C46H28O9. The van der Waals surface area contributed by atoms with Crippen LogP contribution in [0.4, 0.5) is 0 Å². The Balaban J connectivity index is 1.33. The van der Waals surface area contributed by atoms with Crippen molar-refractivity contribution in [2.75, 3.05) is 0 Å². The van der Waals surface area contributed by atoms with Crippen LogP contribution in [-0.4, -0.2) is 40.9 Å². The van der Waals surface area contributed by atoms with E-state index in [-0.39, 0.29) is 32.7 Å². The Hall–Kier alpha value is -7.78. The van der Waals surface area contributed by atoms with Gasteiger partial charge in [0.1, 0.15) is 11.2 Å². The van der Waals surface area contributed by atoms with E-state index in [2.05, 4.69) is 0 Å². The molecule has 55 heavy (non-hydrogen) atoms. The van der Waals surface area contributed by atoms with Crippen molar-refractivity contribution in [2.45, 2.75) is 0 Å². The van der Waals surface area contributed by atoms with E-state index in [1.807, 2.05) is 91.0 Å². The maximum absolute atomic E-state index is 11.7. The molecule has 10 rings (SSSR count). The Morgan fingerprint density at radius 1 is 0.327 bits per heavy atom. The molecular weight excluding hydrogens is 696 g/mol. The van der Waals surface area contributed by atoms with E-state index in [9.17, 15) is 40.9 Å². The zero-order chi connectivity index (χ0) is 37.9. The van der Waals surface area contributed by atoms with Gasteiger partial charge in [-0.3, -0.25) is 0 Å². The maximum Gasteiger partial charge on any atom is 0.204 e. The summed E-state index contributed by atoms with van der Waals surface area (Å²) in [6.45, 7) is 0. The summed E-state index contributed by atoms with van der Waals surface area (Å²) >= 11 is 0. The summed E-state index contributed by atoms with van der Waals surface area (Å²) in [5, 5.41) is 95.0. The second-order valence-electron chi connectivity index (χ2n) is 13.6. The Morgan fingerprint density at radius 3 is 1.40 bits per heavy atom. The van der Waals surface area contributed by atoms with Crippen LogP contribution in [0.25, 0.3) is 98.4 Å². The second-order valence-corrected chi connectivity index (χ2v) is 13.6. The molecule has 8 N–H and O–H groups in total. The van der Waals surface area contributed by atoms with Crippen LogP contribution in [0.1, 0.15) is 0 Å². The molecule has 0 fully saturated rings. The lowest BCUT2D eigenvalue weighted by molar-refractivity contribution is 0.350. The first-order chi connectivity index (χ1) is 26.6. The van der Waals surface area contributed by atoms with Crippen molar-refractivity contribution < 1.29 is 45.3 Å². The van der Waals surface area contributed by atoms with E-state index < -0.39 is 46.0 Å². The summed E-state index contributed by atoms with van der Waals surface area (Å²) in [7, 11) is 0. The molecule has 1 aromatic heterocycles. The molecule has 1 heterocycles. The van der Waals surface area contributed by atoms with Gasteiger partial charge in [-0.25, -0.2) is 0 Å². The van der Waals surface area contributed by atoms with Crippen molar-refractivity contribution in [1.82, 2.24) is 0 Å². The number of furan rings is 1. The van der Waals surface area contributed by atoms with Crippen molar-refractivity contribution in [2.24, 2.45) is 0 Å². The number of fused-ring (bicyclic) bond motifs is 8. The minimum absolute atomic E-state index is 0.0225. The van der Waals surface area contributed by atoms with Gasteiger partial charge in [-0.2, -0.15) is 0 Å². The second kappa shape index (κ2) is 11.4. The largest absolute Gasteiger partial charge is 0.504 e. The molecule has 9 aromatic carbocycles. The summed E-state index contributed by atoms with van der Waals surface area (Å²) < 4.78 is 6.30. The number of aromatic hydroxyl groups is 8. The number of benzene rings is 9. The van der Waals surface area contributed by atoms with E-state index in [1.165, 1.54) is 0 Å². The van der Waals surface area contributed by atoms with Crippen molar-refractivity contribution in [3.05, 3.63) is 121 Å². The molecule has 0 radical (unpaired) electrons. The van der Waals surface area contributed by atoms with Gasteiger partial charge in [0, 0.05) is 48.8 Å². The molecule has 0 atom stereocenters. The van der Waals surface area contributed by atoms with Crippen LogP contribution < -0.4 is 0 Å². The summed E-state index contributed by atoms with van der Waals surface area (Å²) in [6, 6.07) is 37.5. The molecule has 0 aliphatic heterocycles. The van der Waals surface area contributed by atoms with Gasteiger partial charge in [0.25, 0.3) is 0 Å². The lowest BCUT2D eigenvalue weighted by atomic mass is 9.83. The van der Waals surface area contributed by atoms with Gasteiger partial charge >= 0.3 is 0 Å². The normalized spacial score (nSPS) is 11.9. The Morgan fingerprint density at radius 2 is 0.800 bits per heavy atom. The van der Waals surface area contributed by atoms with E-state index in [0.29, 0.717) is 27.7 Å². The average Bonchev–Trinajstić information content (AvgIpc) is 3.61. The molecule has 0 spiro atoms. The molecule has 0 aliphatic rings. The van der Waals surface area contributed by atoms with Crippen LogP contribution in [0, 0.1) is 0 Å². The fraction of sp³-hybridized carbons (Fsp3) is 0. The van der Waals surface area contributed by atoms with Crippen molar-refractivity contribution in [1.29, 1.82) is 0 Å². The zero-order valence-electron chi connectivity index (χ0n) is 28.5. The average molecular weight is 725 g/mol. The summed E-state index contributed by atoms with van der Waals surface area (Å²) in [6.07, 6.45) is 0. The van der Waals surface area contributed by atoms with Crippen molar-refractivity contribution in [3.8, 4) is 79.4 Å². The first-order valence-electron chi connectivity index (χ1n) is 17.3. The highest BCUT2D eigenvalue weighted by Gasteiger charge is 2.32. The smallest absolute Gasteiger partial charge is 0.204 e. The van der Waals surface area contributed by atoms with Gasteiger partial charge in [-0.1, -0.05) is 103 Å². The first kappa shape index (κ1) is 31.9. The Bertz CT molecular complexity index is 3200. The van der Waals surface area contributed by atoms with Crippen LogP contribution in [0.3, 0.4) is 0 Å². The van der Waals surface area contributed by atoms with Crippen LogP contribution in [0.2, 0.25) is 0 Å². The quantitative estimate of drug-likeness (QED) is 0.0501. The SMILES string of the molecule is Oc1c(O)c(O)c2c(-c3ccc4oc5c6ccccc6ccc5c4c3)c3c(O)c(O)c(O)c(O)c3c(-c3ccc(-c4cccc5ccccc45)cc3)c2c1O. The van der Waals surface area contributed by atoms with Gasteiger partial charge in [-0.05, 0) is 56.6 Å². The van der Waals surface area contributed by atoms with E-state index in [4.69, 9.17) is 4.42 Å². The standard InChI is InChI=1S/C46H28O9/c47-38-34-32(24-14-12-23(13-15-24)27-11-5-8-21-6-1-3-9-26(21)27)35-37(41(50)45(54)43(52)39(35)48)33(36(34)40(49)44(53)42(38)51)25-17-19-31-30(20-25)29-18-16-22-7-2-4-10-28(22)46(29)55-31/h1-20,47-54H. The fourth-order valence-corrected chi connectivity index (χ4v) is 8.15. The molecule has 0 unspecified atom stereocenters.